The van der Waals surface area contributed by atoms with Gasteiger partial charge in [0.25, 0.3) is 0 Å². The van der Waals surface area contributed by atoms with Crippen LogP contribution in [0.5, 0.6) is 0 Å². The first-order valence-corrected chi connectivity index (χ1v) is 3.50. The summed E-state index contributed by atoms with van der Waals surface area (Å²) < 4.78 is 0. The van der Waals surface area contributed by atoms with Gasteiger partial charge in [-0.1, -0.05) is 0 Å². The van der Waals surface area contributed by atoms with E-state index in [1.807, 2.05) is 13.0 Å². The standard InChI is InChI=1S/C4H7N3.C3H4N2/c1-3-2-4(5)7-6-3;1-2-4-5-3-1/h2H,1H3,(H3,5,6,7);1-3H,(H,4,5). The van der Waals surface area contributed by atoms with Crippen LogP contribution in [0.2, 0.25) is 0 Å². The van der Waals surface area contributed by atoms with Crippen LogP contribution < -0.4 is 5.73 Å². The first kappa shape index (κ1) is 8.32. The van der Waals surface area contributed by atoms with E-state index >= 15 is 0 Å². The summed E-state index contributed by atoms with van der Waals surface area (Å²) in [7, 11) is 0. The maximum atomic E-state index is 5.24. The van der Waals surface area contributed by atoms with E-state index in [2.05, 4.69) is 20.4 Å². The van der Waals surface area contributed by atoms with Gasteiger partial charge in [-0.3, -0.25) is 10.2 Å². The number of nitrogen functional groups attached to an aromatic ring is 1. The summed E-state index contributed by atoms with van der Waals surface area (Å²) in [6.07, 6.45) is 3.46. The summed E-state index contributed by atoms with van der Waals surface area (Å²) in [5.41, 5.74) is 6.23. The van der Waals surface area contributed by atoms with Gasteiger partial charge in [0, 0.05) is 24.2 Å². The van der Waals surface area contributed by atoms with Crippen LogP contribution in [0.15, 0.2) is 24.5 Å². The molecular formula is C7H11N5. The zero-order valence-corrected chi connectivity index (χ0v) is 6.78. The average molecular weight is 165 g/mol. The molecule has 2 heterocycles. The fraction of sp³-hybridized carbons (Fsp3) is 0.143. The fourth-order valence-electron chi connectivity index (χ4n) is 0.654. The van der Waals surface area contributed by atoms with Gasteiger partial charge < -0.3 is 5.73 Å². The number of hydrogen-bond donors (Lipinski definition) is 3. The first-order chi connectivity index (χ1) is 5.79. The molecule has 12 heavy (non-hydrogen) atoms. The molecule has 0 aromatic carbocycles. The zero-order valence-electron chi connectivity index (χ0n) is 6.78. The van der Waals surface area contributed by atoms with Gasteiger partial charge in [-0.15, -0.1) is 0 Å². The first-order valence-electron chi connectivity index (χ1n) is 3.50. The number of nitrogens with one attached hydrogen (secondary N) is 2. The molecule has 0 aliphatic heterocycles. The zero-order chi connectivity index (χ0) is 8.81. The number of aromatic nitrogens is 4. The van der Waals surface area contributed by atoms with Crippen molar-refractivity contribution in [1.82, 2.24) is 20.4 Å². The molecular weight excluding hydrogens is 154 g/mol. The van der Waals surface area contributed by atoms with Gasteiger partial charge in [0.05, 0.1) is 0 Å². The molecule has 2 aromatic heterocycles. The highest BCUT2D eigenvalue weighted by atomic mass is 15.1. The van der Waals surface area contributed by atoms with E-state index in [1.54, 1.807) is 18.5 Å². The summed E-state index contributed by atoms with van der Waals surface area (Å²) in [5, 5.41) is 12.6. The van der Waals surface area contributed by atoms with E-state index in [0.29, 0.717) is 5.82 Å². The minimum Gasteiger partial charge on any atom is -0.382 e. The molecule has 0 atom stereocenters. The average Bonchev–Trinajstić information content (AvgIpc) is 2.63. The maximum absolute atomic E-state index is 5.24. The molecule has 0 aliphatic carbocycles. The van der Waals surface area contributed by atoms with Crippen LogP contribution in [-0.4, -0.2) is 20.4 Å². The lowest BCUT2D eigenvalue weighted by atomic mass is 10.5. The lowest BCUT2D eigenvalue weighted by Crippen LogP contribution is -1.81. The summed E-state index contributed by atoms with van der Waals surface area (Å²) in [6.45, 7) is 1.91. The molecule has 0 aliphatic rings. The van der Waals surface area contributed by atoms with Crippen molar-refractivity contribution < 1.29 is 0 Å². The molecule has 5 nitrogen and oxygen atoms in total. The minimum atomic E-state index is 0.553. The van der Waals surface area contributed by atoms with Gasteiger partial charge in [-0.2, -0.15) is 10.2 Å². The molecule has 2 aromatic rings. The maximum Gasteiger partial charge on any atom is 0.145 e. The number of nitrogens with two attached hydrogens (primary N) is 1. The Morgan fingerprint density at radius 1 is 1.50 bits per heavy atom. The Labute approximate surface area is 70.0 Å². The van der Waals surface area contributed by atoms with Crippen molar-refractivity contribution in [2.75, 3.05) is 5.73 Å². The second-order valence-corrected chi connectivity index (χ2v) is 2.24. The largest absolute Gasteiger partial charge is 0.382 e. The third-order valence-corrected chi connectivity index (χ3v) is 1.13. The van der Waals surface area contributed by atoms with Gasteiger partial charge in [-0.05, 0) is 13.0 Å². The highest BCUT2D eigenvalue weighted by molar-refractivity contribution is 5.27. The van der Waals surface area contributed by atoms with Crippen molar-refractivity contribution in [2.24, 2.45) is 0 Å². The van der Waals surface area contributed by atoms with Crippen molar-refractivity contribution in [2.45, 2.75) is 6.92 Å². The molecule has 4 N–H and O–H groups in total. The van der Waals surface area contributed by atoms with Crippen molar-refractivity contribution in [3.63, 3.8) is 0 Å². The molecule has 0 radical (unpaired) electrons. The van der Waals surface area contributed by atoms with E-state index in [0.717, 1.165) is 5.69 Å². The Kier molecular flexibility index (Phi) is 2.89. The van der Waals surface area contributed by atoms with Crippen molar-refractivity contribution in [3.05, 3.63) is 30.2 Å². The van der Waals surface area contributed by atoms with Gasteiger partial charge in [0.2, 0.25) is 0 Å². The predicted octanol–water partition coefficient (Wildman–Crippen LogP) is 0.710. The molecule has 0 spiro atoms. The van der Waals surface area contributed by atoms with Crippen molar-refractivity contribution in [1.29, 1.82) is 0 Å². The third-order valence-electron chi connectivity index (χ3n) is 1.13. The molecule has 0 bridgehead atoms. The minimum absolute atomic E-state index is 0.553. The van der Waals surface area contributed by atoms with Gasteiger partial charge in [-0.25, -0.2) is 0 Å². The van der Waals surface area contributed by atoms with E-state index < -0.39 is 0 Å². The van der Waals surface area contributed by atoms with Gasteiger partial charge in [0.1, 0.15) is 5.82 Å². The highest BCUT2D eigenvalue weighted by Gasteiger charge is 1.85. The smallest absolute Gasteiger partial charge is 0.145 e. The van der Waals surface area contributed by atoms with E-state index in [4.69, 9.17) is 5.73 Å². The number of hydrogen-bond acceptors (Lipinski definition) is 3. The van der Waals surface area contributed by atoms with Gasteiger partial charge in [0.15, 0.2) is 0 Å². The lowest BCUT2D eigenvalue weighted by Gasteiger charge is -1.68. The van der Waals surface area contributed by atoms with Crippen LogP contribution in [0, 0.1) is 6.92 Å². The summed E-state index contributed by atoms with van der Waals surface area (Å²) in [4.78, 5) is 0. The number of aromatic amines is 2. The number of H-pyrrole nitrogens is 2. The quantitative estimate of drug-likeness (QED) is 0.537. The van der Waals surface area contributed by atoms with Crippen LogP contribution in [0.3, 0.4) is 0 Å². The molecule has 64 valence electrons. The van der Waals surface area contributed by atoms with Crippen LogP contribution in [0.1, 0.15) is 5.69 Å². The molecule has 2 rings (SSSR count). The van der Waals surface area contributed by atoms with Gasteiger partial charge >= 0.3 is 0 Å². The number of nitrogens with zero attached hydrogens (tertiary/aromatic N) is 2. The Hall–Kier alpha value is -1.78. The normalized spacial score (nSPS) is 8.75. The molecule has 0 unspecified atom stereocenters. The summed E-state index contributed by atoms with van der Waals surface area (Å²) in [5.74, 6) is 0.553. The Morgan fingerprint density at radius 2 is 2.33 bits per heavy atom. The van der Waals surface area contributed by atoms with E-state index in [-0.39, 0.29) is 0 Å². The number of aryl methyl sites for hydroxylation is 1. The SMILES string of the molecule is Cc1cc(N)n[nH]1.c1cn[nH]c1. The van der Waals surface area contributed by atoms with Crippen LogP contribution in [0.25, 0.3) is 0 Å². The van der Waals surface area contributed by atoms with E-state index in [1.165, 1.54) is 0 Å². The fourth-order valence-corrected chi connectivity index (χ4v) is 0.654. The topological polar surface area (TPSA) is 83.4 Å². The third kappa shape index (κ3) is 2.87. The monoisotopic (exact) mass is 165 g/mol. The second-order valence-electron chi connectivity index (χ2n) is 2.24. The van der Waals surface area contributed by atoms with E-state index in [9.17, 15) is 0 Å². The Morgan fingerprint density at radius 3 is 2.50 bits per heavy atom. The molecule has 0 amide bonds. The molecule has 0 saturated heterocycles. The number of rotatable bonds is 0. The van der Waals surface area contributed by atoms with Crippen molar-refractivity contribution >= 4 is 5.82 Å². The summed E-state index contributed by atoms with van der Waals surface area (Å²) in [6, 6.07) is 3.61. The van der Waals surface area contributed by atoms with Crippen LogP contribution in [-0.2, 0) is 0 Å². The van der Waals surface area contributed by atoms with Crippen LogP contribution in [0.4, 0.5) is 5.82 Å². The van der Waals surface area contributed by atoms with Crippen molar-refractivity contribution in [3.8, 4) is 0 Å². The van der Waals surface area contributed by atoms with Crippen LogP contribution >= 0.6 is 0 Å². The second kappa shape index (κ2) is 4.17. The lowest BCUT2D eigenvalue weighted by molar-refractivity contribution is 1.05. The Bertz CT molecular complexity index is 263. The predicted molar refractivity (Wildman–Crippen MR) is 46.3 cm³/mol. The molecule has 0 saturated carbocycles. The molecule has 5 heteroatoms. The number of anilines is 1. The Balaban J connectivity index is 0.000000127. The highest BCUT2D eigenvalue weighted by Crippen LogP contribution is 1.95. The molecule has 0 fully saturated rings. The summed E-state index contributed by atoms with van der Waals surface area (Å²) >= 11 is 0.